The SMILES string of the molecule is CCSCCCNCCC(C)CCC(=O)O. The predicted molar refractivity (Wildman–Crippen MR) is 71.1 cm³/mol. The Balaban J connectivity index is 3.15. The van der Waals surface area contributed by atoms with Gasteiger partial charge in [-0.15, -0.1) is 0 Å². The maximum Gasteiger partial charge on any atom is 0.303 e. The van der Waals surface area contributed by atoms with E-state index >= 15 is 0 Å². The fraction of sp³-hybridized carbons (Fsp3) is 0.917. The second-order valence-corrected chi connectivity index (χ2v) is 5.52. The average Bonchev–Trinajstić information content (AvgIpc) is 2.25. The van der Waals surface area contributed by atoms with E-state index in [0.717, 1.165) is 25.9 Å². The molecule has 0 amide bonds. The fourth-order valence-electron chi connectivity index (χ4n) is 1.43. The van der Waals surface area contributed by atoms with Gasteiger partial charge in [-0.1, -0.05) is 13.8 Å². The van der Waals surface area contributed by atoms with E-state index in [2.05, 4.69) is 19.2 Å². The largest absolute Gasteiger partial charge is 0.481 e. The Kier molecular flexibility index (Phi) is 11.1. The lowest BCUT2D eigenvalue weighted by Crippen LogP contribution is -2.19. The summed E-state index contributed by atoms with van der Waals surface area (Å²) < 4.78 is 0. The highest BCUT2D eigenvalue weighted by atomic mass is 32.2. The first-order chi connectivity index (χ1) is 7.66. The van der Waals surface area contributed by atoms with E-state index < -0.39 is 5.97 Å². The molecule has 0 saturated heterocycles. The van der Waals surface area contributed by atoms with Gasteiger partial charge >= 0.3 is 5.97 Å². The van der Waals surface area contributed by atoms with Crippen LogP contribution in [0.3, 0.4) is 0 Å². The summed E-state index contributed by atoms with van der Waals surface area (Å²) in [7, 11) is 0. The molecule has 16 heavy (non-hydrogen) atoms. The standard InChI is InChI=1S/C12H25NO2S/c1-3-16-10-4-8-13-9-7-11(2)5-6-12(14)15/h11,13H,3-10H2,1-2H3,(H,14,15). The van der Waals surface area contributed by atoms with Crippen LogP contribution in [0, 0.1) is 5.92 Å². The van der Waals surface area contributed by atoms with Crippen molar-refractivity contribution in [3.8, 4) is 0 Å². The van der Waals surface area contributed by atoms with E-state index in [1.807, 2.05) is 11.8 Å². The Hall–Kier alpha value is -0.220. The number of hydrogen-bond donors (Lipinski definition) is 2. The first kappa shape index (κ1) is 15.8. The molecule has 0 bridgehead atoms. The molecule has 0 aliphatic heterocycles. The normalized spacial score (nSPS) is 12.6. The van der Waals surface area contributed by atoms with Crippen molar-refractivity contribution in [3.05, 3.63) is 0 Å². The molecule has 0 fully saturated rings. The Morgan fingerprint density at radius 1 is 1.38 bits per heavy atom. The number of carbonyl (C=O) groups is 1. The number of thioether (sulfide) groups is 1. The summed E-state index contributed by atoms with van der Waals surface area (Å²) in [6.07, 6.45) is 3.40. The van der Waals surface area contributed by atoms with Crippen LogP contribution < -0.4 is 5.32 Å². The quantitative estimate of drug-likeness (QED) is 0.551. The van der Waals surface area contributed by atoms with Crippen molar-refractivity contribution in [2.24, 2.45) is 5.92 Å². The molecule has 0 saturated carbocycles. The van der Waals surface area contributed by atoms with Crippen molar-refractivity contribution in [3.63, 3.8) is 0 Å². The highest BCUT2D eigenvalue weighted by Crippen LogP contribution is 2.09. The van der Waals surface area contributed by atoms with Crippen LogP contribution in [-0.4, -0.2) is 35.7 Å². The van der Waals surface area contributed by atoms with Crippen LogP contribution in [0.2, 0.25) is 0 Å². The van der Waals surface area contributed by atoms with E-state index in [1.165, 1.54) is 17.9 Å². The van der Waals surface area contributed by atoms with E-state index in [0.29, 0.717) is 12.3 Å². The summed E-state index contributed by atoms with van der Waals surface area (Å²) in [6, 6.07) is 0. The second kappa shape index (κ2) is 11.3. The topological polar surface area (TPSA) is 49.3 Å². The third-order valence-corrected chi connectivity index (χ3v) is 3.50. The van der Waals surface area contributed by atoms with Crippen LogP contribution >= 0.6 is 11.8 Å². The van der Waals surface area contributed by atoms with E-state index in [1.54, 1.807) is 0 Å². The van der Waals surface area contributed by atoms with Crippen LogP contribution in [-0.2, 0) is 4.79 Å². The van der Waals surface area contributed by atoms with Gasteiger partial charge in [0, 0.05) is 6.42 Å². The molecule has 0 spiro atoms. The third-order valence-electron chi connectivity index (χ3n) is 2.51. The van der Waals surface area contributed by atoms with E-state index in [4.69, 9.17) is 5.11 Å². The Labute approximate surface area is 103 Å². The molecular formula is C12H25NO2S. The van der Waals surface area contributed by atoms with Gasteiger partial charge in [-0.05, 0) is 49.8 Å². The van der Waals surface area contributed by atoms with Gasteiger partial charge in [0.25, 0.3) is 0 Å². The molecule has 1 unspecified atom stereocenters. The maximum absolute atomic E-state index is 10.4. The van der Waals surface area contributed by atoms with Gasteiger partial charge in [0.1, 0.15) is 0 Å². The van der Waals surface area contributed by atoms with E-state index in [-0.39, 0.29) is 0 Å². The van der Waals surface area contributed by atoms with Crippen molar-refractivity contribution < 1.29 is 9.90 Å². The van der Waals surface area contributed by atoms with Gasteiger partial charge in [0.05, 0.1) is 0 Å². The number of hydrogen-bond acceptors (Lipinski definition) is 3. The Morgan fingerprint density at radius 2 is 2.12 bits per heavy atom. The smallest absolute Gasteiger partial charge is 0.303 e. The molecule has 1 atom stereocenters. The predicted octanol–water partition coefficient (Wildman–Crippen LogP) is 2.61. The Morgan fingerprint density at radius 3 is 2.75 bits per heavy atom. The summed E-state index contributed by atoms with van der Waals surface area (Å²) in [6.45, 7) is 6.40. The number of carboxylic acids is 1. The van der Waals surface area contributed by atoms with Crippen molar-refractivity contribution in [2.75, 3.05) is 24.6 Å². The van der Waals surface area contributed by atoms with Gasteiger partial charge in [-0.2, -0.15) is 11.8 Å². The zero-order valence-corrected chi connectivity index (χ0v) is 11.3. The minimum atomic E-state index is -0.684. The minimum absolute atomic E-state index is 0.300. The maximum atomic E-state index is 10.4. The first-order valence-electron chi connectivity index (χ1n) is 6.17. The highest BCUT2D eigenvalue weighted by Gasteiger charge is 2.04. The second-order valence-electron chi connectivity index (χ2n) is 4.13. The highest BCUT2D eigenvalue weighted by molar-refractivity contribution is 7.99. The van der Waals surface area contributed by atoms with E-state index in [9.17, 15) is 4.79 Å². The minimum Gasteiger partial charge on any atom is -0.481 e. The summed E-state index contributed by atoms with van der Waals surface area (Å²) >= 11 is 1.98. The molecule has 3 nitrogen and oxygen atoms in total. The Bertz CT molecular complexity index is 176. The molecule has 0 rings (SSSR count). The molecule has 2 N–H and O–H groups in total. The summed E-state index contributed by atoms with van der Waals surface area (Å²) in [5, 5.41) is 11.9. The zero-order chi connectivity index (χ0) is 12.2. The van der Waals surface area contributed by atoms with Crippen molar-refractivity contribution >= 4 is 17.7 Å². The molecule has 0 aliphatic carbocycles. The molecule has 0 heterocycles. The third kappa shape index (κ3) is 11.9. The van der Waals surface area contributed by atoms with Crippen LogP contribution in [0.5, 0.6) is 0 Å². The first-order valence-corrected chi connectivity index (χ1v) is 7.32. The molecule has 0 radical (unpaired) electrons. The lowest BCUT2D eigenvalue weighted by atomic mass is 10.0. The van der Waals surface area contributed by atoms with Crippen LogP contribution in [0.25, 0.3) is 0 Å². The number of carboxylic acid groups (broad SMARTS) is 1. The number of aliphatic carboxylic acids is 1. The monoisotopic (exact) mass is 247 g/mol. The van der Waals surface area contributed by atoms with Crippen LogP contribution in [0.4, 0.5) is 0 Å². The summed E-state index contributed by atoms with van der Waals surface area (Å²) in [4.78, 5) is 10.4. The molecule has 0 aromatic rings. The molecule has 0 aliphatic rings. The van der Waals surface area contributed by atoms with Gasteiger partial charge in [0.15, 0.2) is 0 Å². The molecular weight excluding hydrogens is 222 g/mol. The lowest BCUT2D eigenvalue weighted by Gasteiger charge is -2.10. The number of nitrogens with one attached hydrogen (secondary N) is 1. The molecule has 96 valence electrons. The van der Waals surface area contributed by atoms with Gasteiger partial charge in [-0.3, -0.25) is 4.79 Å². The van der Waals surface area contributed by atoms with Gasteiger partial charge < -0.3 is 10.4 Å². The van der Waals surface area contributed by atoms with Crippen LogP contribution in [0.15, 0.2) is 0 Å². The summed E-state index contributed by atoms with van der Waals surface area (Å²) in [5.74, 6) is 2.26. The fourth-order valence-corrected chi connectivity index (χ4v) is 2.07. The van der Waals surface area contributed by atoms with Crippen molar-refractivity contribution in [1.82, 2.24) is 5.32 Å². The zero-order valence-electron chi connectivity index (χ0n) is 10.5. The van der Waals surface area contributed by atoms with Gasteiger partial charge in [0.2, 0.25) is 0 Å². The average molecular weight is 247 g/mol. The van der Waals surface area contributed by atoms with Crippen molar-refractivity contribution in [1.29, 1.82) is 0 Å². The van der Waals surface area contributed by atoms with Crippen LogP contribution in [0.1, 0.15) is 39.5 Å². The molecule has 0 aromatic carbocycles. The van der Waals surface area contributed by atoms with Gasteiger partial charge in [-0.25, -0.2) is 0 Å². The molecule has 4 heteroatoms. The lowest BCUT2D eigenvalue weighted by molar-refractivity contribution is -0.137. The number of rotatable bonds is 11. The molecule has 0 aromatic heterocycles. The van der Waals surface area contributed by atoms with Crippen molar-refractivity contribution in [2.45, 2.75) is 39.5 Å². The summed E-state index contributed by atoms with van der Waals surface area (Å²) in [5.41, 5.74) is 0.